The van der Waals surface area contributed by atoms with Crippen molar-refractivity contribution in [2.45, 2.75) is 11.6 Å². The van der Waals surface area contributed by atoms with Gasteiger partial charge in [0.25, 0.3) is 5.82 Å². The van der Waals surface area contributed by atoms with Crippen molar-refractivity contribution in [3.05, 3.63) is 60.3 Å². The summed E-state index contributed by atoms with van der Waals surface area (Å²) in [6.07, 6.45) is 2.13. The van der Waals surface area contributed by atoms with Gasteiger partial charge in [0.2, 0.25) is 0 Å². The van der Waals surface area contributed by atoms with Gasteiger partial charge in [-0.05, 0) is 6.07 Å². The van der Waals surface area contributed by atoms with Crippen LogP contribution in [0.25, 0.3) is 0 Å². The maximum absolute atomic E-state index is 10.7. The summed E-state index contributed by atoms with van der Waals surface area (Å²) in [7, 11) is -6.09. The van der Waals surface area contributed by atoms with E-state index in [0.717, 1.165) is 6.54 Å². The van der Waals surface area contributed by atoms with E-state index in [4.69, 9.17) is 13.0 Å². The molecule has 124 valence electrons. The molecule has 9 heteroatoms. The van der Waals surface area contributed by atoms with Crippen molar-refractivity contribution < 1.29 is 30.7 Å². The van der Waals surface area contributed by atoms with Crippen LogP contribution in [0.1, 0.15) is 11.6 Å². The molecule has 1 N–H and O–H groups in total. The maximum Gasteiger partial charge on any atom is 0.485 e. The van der Waals surface area contributed by atoms with Crippen LogP contribution in [0.4, 0.5) is 19.0 Å². The number of benzene rings is 1. The third kappa shape index (κ3) is 4.20. The van der Waals surface area contributed by atoms with Crippen molar-refractivity contribution in [3.8, 4) is 0 Å². The van der Waals surface area contributed by atoms with Crippen LogP contribution in [0.5, 0.6) is 0 Å². The Balaban J connectivity index is 0.000000207. The highest BCUT2D eigenvalue weighted by atomic mass is 32.2. The molecular weight excluding hydrogens is 333 g/mol. The Labute approximate surface area is 131 Å². The minimum absolute atomic E-state index is 0.433. The molecular formula is C14H13F3N2O3S. The Bertz CT molecular complexity index is 764. The SMILES string of the molecule is O=S(=O)([O-])C(F)(F)F.c1ccc(C2CNc3cccc[n+]32)cc1. The predicted octanol–water partition coefficient (Wildman–Crippen LogP) is 2.04. The molecule has 3 rings (SSSR count). The van der Waals surface area contributed by atoms with E-state index in [1.807, 2.05) is 0 Å². The molecule has 0 radical (unpaired) electrons. The minimum atomic E-state index is -6.09. The zero-order valence-electron chi connectivity index (χ0n) is 11.7. The Hall–Kier alpha value is -2.13. The fourth-order valence-electron chi connectivity index (χ4n) is 2.13. The number of alkyl halides is 3. The van der Waals surface area contributed by atoms with Gasteiger partial charge in [0.1, 0.15) is 6.54 Å². The highest BCUT2D eigenvalue weighted by molar-refractivity contribution is 7.86. The molecule has 2 heterocycles. The van der Waals surface area contributed by atoms with Gasteiger partial charge >= 0.3 is 5.51 Å². The molecule has 2 aromatic rings. The maximum atomic E-state index is 10.7. The molecule has 5 nitrogen and oxygen atoms in total. The van der Waals surface area contributed by atoms with Crippen LogP contribution in [0, 0.1) is 0 Å². The fraction of sp³-hybridized carbons (Fsp3) is 0.214. The lowest BCUT2D eigenvalue weighted by molar-refractivity contribution is -0.687. The Morgan fingerprint density at radius 2 is 1.65 bits per heavy atom. The number of fused-ring (bicyclic) bond motifs is 1. The van der Waals surface area contributed by atoms with Gasteiger partial charge in [-0.15, -0.1) is 0 Å². The Kier molecular flexibility index (Phi) is 4.90. The average Bonchev–Trinajstić information content (AvgIpc) is 2.91. The Morgan fingerprint density at radius 1 is 1.09 bits per heavy atom. The number of nitrogens with one attached hydrogen (secondary N) is 1. The Morgan fingerprint density at radius 3 is 2.22 bits per heavy atom. The van der Waals surface area contributed by atoms with Crippen LogP contribution in [-0.2, 0) is 10.1 Å². The van der Waals surface area contributed by atoms with Crippen molar-refractivity contribution in [1.82, 2.24) is 0 Å². The van der Waals surface area contributed by atoms with Crippen LogP contribution in [0.3, 0.4) is 0 Å². The van der Waals surface area contributed by atoms with Gasteiger partial charge in [-0.25, -0.2) is 13.0 Å². The number of rotatable bonds is 1. The number of pyridine rings is 1. The molecule has 1 unspecified atom stereocenters. The predicted molar refractivity (Wildman–Crippen MR) is 75.5 cm³/mol. The first kappa shape index (κ1) is 17.2. The second-order valence-electron chi connectivity index (χ2n) is 4.70. The largest absolute Gasteiger partial charge is 0.741 e. The van der Waals surface area contributed by atoms with E-state index in [-0.39, 0.29) is 0 Å². The van der Waals surface area contributed by atoms with Crippen molar-refractivity contribution in [2.75, 3.05) is 11.9 Å². The number of aromatic nitrogens is 1. The number of hydrogen-bond donors (Lipinski definition) is 1. The van der Waals surface area contributed by atoms with E-state index in [9.17, 15) is 13.2 Å². The number of hydrogen-bond acceptors (Lipinski definition) is 4. The first-order valence-electron chi connectivity index (χ1n) is 6.51. The molecule has 1 aliphatic rings. The first-order chi connectivity index (χ1) is 10.7. The van der Waals surface area contributed by atoms with Crippen LogP contribution in [-0.4, -0.2) is 25.0 Å². The van der Waals surface area contributed by atoms with E-state index in [1.165, 1.54) is 11.4 Å². The fourth-order valence-corrected chi connectivity index (χ4v) is 2.13. The molecule has 0 spiro atoms. The second-order valence-corrected chi connectivity index (χ2v) is 6.07. The molecule has 0 aliphatic carbocycles. The summed E-state index contributed by atoms with van der Waals surface area (Å²) in [5.74, 6) is 1.20. The molecule has 0 fully saturated rings. The van der Waals surface area contributed by atoms with Gasteiger partial charge in [-0.3, -0.25) is 5.32 Å². The average molecular weight is 346 g/mol. The summed E-state index contributed by atoms with van der Waals surface area (Å²) in [6.45, 7) is 0.980. The van der Waals surface area contributed by atoms with E-state index >= 15 is 0 Å². The first-order valence-corrected chi connectivity index (χ1v) is 7.92. The van der Waals surface area contributed by atoms with E-state index in [0.29, 0.717) is 6.04 Å². The zero-order chi connectivity index (χ0) is 17.1. The van der Waals surface area contributed by atoms with Gasteiger partial charge in [-0.2, -0.15) is 13.2 Å². The molecule has 0 amide bonds. The quantitative estimate of drug-likeness (QED) is 0.487. The van der Waals surface area contributed by atoms with Gasteiger partial charge in [0.15, 0.2) is 16.2 Å². The van der Waals surface area contributed by atoms with E-state index < -0.39 is 15.6 Å². The monoisotopic (exact) mass is 346 g/mol. The number of halogens is 3. The summed E-state index contributed by atoms with van der Waals surface area (Å²) in [5.41, 5.74) is -4.28. The molecule has 1 aliphatic heterocycles. The summed E-state index contributed by atoms with van der Waals surface area (Å²) in [4.78, 5) is 0. The molecule has 1 aromatic heterocycles. The lowest BCUT2D eigenvalue weighted by Gasteiger charge is -2.08. The van der Waals surface area contributed by atoms with Crippen LogP contribution < -0.4 is 9.88 Å². The highest BCUT2D eigenvalue weighted by Crippen LogP contribution is 2.20. The lowest BCUT2D eigenvalue weighted by Crippen LogP contribution is -2.36. The van der Waals surface area contributed by atoms with Gasteiger partial charge in [0.05, 0.1) is 6.20 Å². The van der Waals surface area contributed by atoms with Crippen molar-refractivity contribution in [3.63, 3.8) is 0 Å². The molecule has 1 aromatic carbocycles. The zero-order valence-corrected chi connectivity index (χ0v) is 12.5. The third-order valence-corrected chi connectivity index (χ3v) is 3.74. The number of anilines is 1. The standard InChI is InChI=1S/C13H12N2.CHF3O3S/c1-2-6-11(7-3-1)12-10-14-13-8-4-5-9-15(12)13;2-1(3,4)8(5,6)7/h1-9,12H,10H2;(H,5,6,7). The smallest absolute Gasteiger partial charge is 0.485 e. The second kappa shape index (κ2) is 6.55. The lowest BCUT2D eigenvalue weighted by atomic mass is 10.1. The number of nitrogens with zero attached hydrogens (tertiary/aromatic N) is 1. The van der Waals surface area contributed by atoms with E-state index in [2.05, 4.69) is 64.6 Å². The summed E-state index contributed by atoms with van der Waals surface area (Å²) in [5, 5.41) is 3.41. The normalized spacial score (nSPS) is 16.8. The topological polar surface area (TPSA) is 73.1 Å². The van der Waals surface area contributed by atoms with Crippen LogP contribution in [0.15, 0.2) is 54.7 Å². The van der Waals surface area contributed by atoms with Gasteiger partial charge in [0, 0.05) is 11.6 Å². The summed E-state index contributed by atoms with van der Waals surface area (Å²) >= 11 is 0. The summed E-state index contributed by atoms with van der Waals surface area (Å²) < 4.78 is 61.2. The highest BCUT2D eigenvalue weighted by Gasteiger charge is 2.36. The van der Waals surface area contributed by atoms with Crippen LogP contribution >= 0.6 is 0 Å². The third-order valence-electron chi connectivity index (χ3n) is 3.17. The van der Waals surface area contributed by atoms with Crippen LogP contribution in [0.2, 0.25) is 0 Å². The van der Waals surface area contributed by atoms with Crippen molar-refractivity contribution >= 4 is 15.9 Å². The molecule has 1 atom stereocenters. The van der Waals surface area contributed by atoms with Gasteiger partial charge < -0.3 is 4.55 Å². The minimum Gasteiger partial charge on any atom is -0.741 e. The molecule has 0 bridgehead atoms. The van der Waals surface area contributed by atoms with Crippen molar-refractivity contribution in [2.24, 2.45) is 0 Å². The molecule has 23 heavy (non-hydrogen) atoms. The molecule has 0 saturated heterocycles. The van der Waals surface area contributed by atoms with Gasteiger partial charge in [-0.1, -0.05) is 36.4 Å². The molecule has 0 saturated carbocycles. The van der Waals surface area contributed by atoms with E-state index in [1.54, 1.807) is 0 Å². The van der Waals surface area contributed by atoms with Crippen molar-refractivity contribution in [1.29, 1.82) is 0 Å². The summed E-state index contributed by atoms with van der Waals surface area (Å²) in [6, 6.07) is 17.3.